The molecule has 24 heavy (non-hydrogen) atoms. The molecule has 0 bridgehead atoms. The third-order valence-electron chi connectivity index (χ3n) is 5.27. The number of ether oxygens (including phenoxy) is 1. The van der Waals surface area contributed by atoms with Crippen LogP contribution in [0.3, 0.4) is 0 Å². The van der Waals surface area contributed by atoms with Gasteiger partial charge in [-0.25, -0.2) is 0 Å². The molecule has 2 aliphatic rings. The monoisotopic (exact) mass is 327 g/mol. The van der Waals surface area contributed by atoms with E-state index < -0.39 is 0 Å². The molecule has 2 aliphatic heterocycles. The van der Waals surface area contributed by atoms with E-state index in [0.717, 1.165) is 48.4 Å². The van der Waals surface area contributed by atoms with Crippen molar-refractivity contribution in [3.63, 3.8) is 0 Å². The summed E-state index contributed by atoms with van der Waals surface area (Å²) in [6, 6.07) is 8.54. The van der Waals surface area contributed by atoms with Crippen molar-refractivity contribution in [2.24, 2.45) is 0 Å². The van der Waals surface area contributed by atoms with Crippen LogP contribution in [0.15, 0.2) is 29.1 Å². The summed E-state index contributed by atoms with van der Waals surface area (Å²) in [6.07, 6.45) is 2.61. The summed E-state index contributed by atoms with van der Waals surface area (Å²) in [7, 11) is 0. The van der Waals surface area contributed by atoms with Gasteiger partial charge in [-0.3, -0.25) is 14.6 Å². The molecule has 0 saturated carbocycles. The van der Waals surface area contributed by atoms with Crippen molar-refractivity contribution < 1.29 is 4.74 Å². The third kappa shape index (κ3) is 3.06. The zero-order valence-electron chi connectivity index (χ0n) is 14.3. The van der Waals surface area contributed by atoms with Crippen molar-refractivity contribution in [2.45, 2.75) is 32.4 Å². The topological polar surface area (TPSA) is 48.6 Å². The van der Waals surface area contributed by atoms with Crippen molar-refractivity contribution in [2.75, 3.05) is 32.8 Å². The van der Waals surface area contributed by atoms with E-state index in [-0.39, 0.29) is 5.56 Å². The molecule has 0 spiro atoms. The van der Waals surface area contributed by atoms with Crippen LogP contribution in [0, 0.1) is 0 Å². The molecule has 1 aromatic heterocycles. The van der Waals surface area contributed by atoms with Gasteiger partial charge in [0.05, 0.1) is 6.61 Å². The molecule has 1 unspecified atom stereocenters. The Bertz CT molecular complexity index is 786. The maximum absolute atomic E-state index is 12.4. The van der Waals surface area contributed by atoms with E-state index >= 15 is 0 Å². The molecule has 5 nitrogen and oxygen atoms in total. The molecule has 2 saturated heterocycles. The fourth-order valence-corrected chi connectivity index (χ4v) is 4.04. The van der Waals surface area contributed by atoms with Crippen LogP contribution < -0.4 is 10.3 Å². The second kappa shape index (κ2) is 6.57. The van der Waals surface area contributed by atoms with Crippen molar-refractivity contribution in [1.29, 1.82) is 0 Å². The second-order valence-electron chi connectivity index (χ2n) is 6.87. The normalized spacial score (nSPS) is 22.0. The zero-order chi connectivity index (χ0) is 16.5. The lowest BCUT2D eigenvalue weighted by Crippen LogP contribution is -2.49. The Morgan fingerprint density at radius 3 is 3.04 bits per heavy atom. The van der Waals surface area contributed by atoms with Gasteiger partial charge in [-0.15, -0.1) is 0 Å². The smallest absolute Gasteiger partial charge is 0.252 e. The fraction of sp³-hybridized carbons (Fsp3) is 0.526. The lowest BCUT2D eigenvalue weighted by atomic mass is 10.1. The SMILES string of the molecule is CCOc1ccc2[nH]c(=O)c(CN3CCN4CCCC4C3)cc2c1. The summed E-state index contributed by atoms with van der Waals surface area (Å²) in [5.74, 6) is 0.850. The first-order chi connectivity index (χ1) is 11.7. The maximum Gasteiger partial charge on any atom is 0.252 e. The van der Waals surface area contributed by atoms with E-state index in [1.807, 2.05) is 31.2 Å². The number of rotatable bonds is 4. The highest BCUT2D eigenvalue weighted by Gasteiger charge is 2.30. The highest BCUT2D eigenvalue weighted by atomic mass is 16.5. The first-order valence-corrected chi connectivity index (χ1v) is 8.98. The number of fused-ring (bicyclic) bond motifs is 2. The van der Waals surface area contributed by atoms with Gasteiger partial charge in [0.1, 0.15) is 5.75 Å². The summed E-state index contributed by atoms with van der Waals surface area (Å²) in [5.41, 5.74) is 1.75. The summed E-state index contributed by atoms with van der Waals surface area (Å²) < 4.78 is 5.57. The van der Waals surface area contributed by atoms with E-state index in [0.29, 0.717) is 12.6 Å². The average molecular weight is 327 g/mol. The Hall–Kier alpha value is -1.85. The second-order valence-corrected chi connectivity index (χ2v) is 6.87. The largest absolute Gasteiger partial charge is 0.494 e. The lowest BCUT2D eigenvalue weighted by Gasteiger charge is -2.37. The minimum Gasteiger partial charge on any atom is -0.494 e. The van der Waals surface area contributed by atoms with Crippen LogP contribution in [0.5, 0.6) is 5.75 Å². The minimum absolute atomic E-state index is 0.0283. The number of nitrogens with one attached hydrogen (secondary N) is 1. The van der Waals surface area contributed by atoms with Crippen LogP contribution in [0.4, 0.5) is 0 Å². The van der Waals surface area contributed by atoms with Gasteiger partial charge in [0.15, 0.2) is 0 Å². The number of hydrogen-bond donors (Lipinski definition) is 1. The standard InChI is InChI=1S/C19H25N3O2/c1-2-24-17-5-6-18-14(11-17)10-15(19(23)20-18)12-21-8-9-22-7-3-4-16(22)13-21/h5-6,10-11,16H,2-4,7-9,12-13H2,1H3,(H,20,23). The predicted octanol–water partition coefficient (Wildman–Crippen LogP) is 2.21. The van der Waals surface area contributed by atoms with Crippen LogP contribution in [-0.2, 0) is 6.54 Å². The Kier molecular flexibility index (Phi) is 4.29. The summed E-state index contributed by atoms with van der Waals surface area (Å²) >= 11 is 0. The molecule has 2 aromatic rings. The van der Waals surface area contributed by atoms with E-state index in [4.69, 9.17) is 4.74 Å². The van der Waals surface area contributed by atoms with E-state index in [2.05, 4.69) is 14.8 Å². The van der Waals surface area contributed by atoms with Crippen molar-refractivity contribution >= 4 is 10.9 Å². The summed E-state index contributed by atoms with van der Waals surface area (Å²) in [6.45, 7) is 7.86. The predicted molar refractivity (Wildman–Crippen MR) is 95.6 cm³/mol. The van der Waals surface area contributed by atoms with Crippen LogP contribution in [-0.4, -0.2) is 53.6 Å². The maximum atomic E-state index is 12.4. The Morgan fingerprint density at radius 2 is 2.17 bits per heavy atom. The van der Waals surface area contributed by atoms with Gasteiger partial charge < -0.3 is 9.72 Å². The van der Waals surface area contributed by atoms with Gasteiger partial charge in [-0.05, 0) is 50.6 Å². The van der Waals surface area contributed by atoms with E-state index in [1.165, 1.54) is 19.4 Å². The van der Waals surface area contributed by atoms with E-state index in [9.17, 15) is 4.79 Å². The molecule has 0 aliphatic carbocycles. The molecule has 2 fully saturated rings. The Morgan fingerprint density at radius 1 is 1.25 bits per heavy atom. The molecular formula is C19H25N3O2. The zero-order valence-corrected chi connectivity index (χ0v) is 14.3. The highest BCUT2D eigenvalue weighted by Crippen LogP contribution is 2.23. The first kappa shape index (κ1) is 15.7. The number of hydrogen-bond acceptors (Lipinski definition) is 4. The minimum atomic E-state index is 0.0283. The molecule has 1 aromatic carbocycles. The number of benzene rings is 1. The van der Waals surface area contributed by atoms with Gasteiger partial charge in [0.25, 0.3) is 5.56 Å². The van der Waals surface area contributed by atoms with Gasteiger partial charge in [0.2, 0.25) is 0 Å². The number of pyridine rings is 1. The summed E-state index contributed by atoms with van der Waals surface area (Å²) in [4.78, 5) is 20.5. The number of piperazine rings is 1. The lowest BCUT2D eigenvalue weighted by molar-refractivity contribution is 0.0991. The van der Waals surface area contributed by atoms with Gasteiger partial charge >= 0.3 is 0 Å². The Labute approximate surface area is 142 Å². The molecule has 4 rings (SSSR count). The number of nitrogens with zero attached hydrogens (tertiary/aromatic N) is 2. The summed E-state index contributed by atoms with van der Waals surface area (Å²) in [5, 5.41) is 1.04. The Balaban J connectivity index is 1.56. The molecular weight excluding hydrogens is 302 g/mol. The first-order valence-electron chi connectivity index (χ1n) is 8.98. The number of aromatic amines is 1. The van der Waals surface area contributed by atoms with Crippen molar-refractivity contribution in [3.05, 3.63) is 40.2 Å². The fourth-order valence-electron chi connectivity index (χ4n) is 4.04. The molecule has 5 heteroatoms. The number of H-pyrrole nitrogens is 1. The van der Waals surface area contributed by atoms with Crippen molar-refractivity contribution in [3.8, 4) is 5.75 Å². The highest BCUT2D eigenvalue weighted by molar-refractivity contribution is 5.80. The van der Waals surface area contributed by atoms with Gasteiger partial charge in [-0.1, -0.05) is 0 Å². The van der Waals surface area contributed by atoms with Crippen molar-refractivity contribution in [1.82, 2.24) is 14.8 Å². The quantitative estimate of drug-likeness (QED) is 0.935. The molecule has 0 amide bonds. The molecule has 1 N–H and O–H groups in total. The molecule has 128 valence electrons. The van der Waals surface area contributed by atoms with Gasteiger partial charge in [-0.2, -0.15) is 0 Å². The number of aromatic nitrogens is 1. The molecule has 1 atom stereocenters. The average Bonchev–Trinajstić information content (AvgIpc) is 3.04. The van der Waals surface area contributed by atoms with Crippen LogP contribution in [0.25, 0.3) is 10.9 Å². The third-order valence-corrected chi connectivity index (χ3v) is 5.27. The van der Waals surface area contributed by atoms with Crippen LogP contribution in [0.1, 0.15) is 25.3 Å². The van der Waals surface area contributed by atoms with Gasteiger partial charge in [0, 0.05) is 48.7 Å². The van der Waals surface area contributed by atoms with Crippen LogP contribution >= 0.6 is 0 Å². The van der Waals surface area contributed by atoms with E-state index in [1.54, 1.807) is 0 Å². The molecule has 3 heterocycles. The van der Waals surface area contributed by atoms with Crippen LogP contribution in [0.2, 0.25) is 0 Å². The molecule has 0 radical (unpaired) electrons.